The summed E-state index contributed by atoms with van der Waals surface area (Å²) in [6, 6.07) is 17.8. The Morgan fingerprint density at radius 3 is 1.76 bits per heavy atom. The molecule has 1 aliphatic heterocycles. The summed E-state index contributed by atoms with van der Waals surface area (Å²) < 4.78 is 37.0. The van der Waals surface area contributed by atoms with Crippen LogP contribution in [-0.4, -0.2) is 55.1 Å². The molecule has 33 heavy (non-hydrogen) atoms. The fourth-order valence-corrected chi connectivity index (χ4v) is 7.23. The van der Waals surface area contributed by atoms with E-state index in [0.29, 0.717) is 10.6 Å². The van der Waals surface area contributed by atoms with Crippen molar-refractivity contribution in [3.63, 3.8) is 0 Å². The number of carbonyl (C=O) groups is 3. The molecule has 0 aromatic heterocycles. The van der Waals surface area contributed by atoms with Crippen LogP contribution in [0.25, 0.3) is 0 Å². The molecule has 0 N–H and O–H groups in total. The Morgan fingerprint density at radius 1 is 0.818 bits per heavy atom. The molecule has 2 aromatic rings. The largest absolute Gasteiger partial charge is 0.463 e. The summed E-state index contributed by atoms with van der Waals surface area (Å²) in [6.45, 7) is 3.41. The van der Waals surface area contributed by atoms with Gasteiger partial charge < -0.3 is 23.5 Å². The quantitative estimate of drug-likeness (QED) is 0.342. The summed E-state index contributed by atoms with van der Waals surface area (Å²) in [7, 11) is -3.46. The molecular weight excluding hydrogens is 447 g/mol. The fourth-order valence-electron chi connectivity index (χ4n) is 4.00. The summed E-state index contributed by atoms with van der Waals surface area (Å²) in [5.74, 6) is -1.79. The number of hydrogen-bond donors (Lipinski definition) is 0. The topological polar surface area (TPSA) is 105 Å². The van der Waals surface area contributed by atoms with Crippen molar-refractivity contribution in [2.24, 2.45) is 0 Å². The number of benzene rings is 2. The predicted molar refractivity (Wildman–Crippen MR) is 121 cm³/mol. The highest BCUT2D eigenvalue weighted by molar-refractivity contribution is 7.79. The molecule has 0 unspecified atom stereocenters. The molecule has 8 nitrogen and oxygen atoms in total. The normalized spacial score (nSPS) is 22.8. The van der Waals surface area contributed by atoms with Gasteiger partial charge in [-0.25, -0.2) is 0 Å². The molecule has 0 radical (unpaired) electrons. The highest BCUT2D eigenvalue weighted by atomic mass is 31.2. The summed E-state index contributed by atoms with van der Waals surface area (Å²) in [4.78, 5) is 35.4. The van der Waals surface area contributed by atoms with Crippen LogP contribution >= 0.6 is 7.14 Å². The van der Waals surface area contributed by atoms with Crippen molar-refractivity contribution in [1.29, 1.82) is 0 Å². The van der Waals surface area contributed by atoms with Crippen LogP contribution in [-0.2, 0) is 37.9 Å². The number of esters is 3. The summed E-state index contributed by atoms with van der Waals surface area (Å²) in [5.41, 5.74) is -0.843. The van der Waals surface area contributed by atoms with Crippen molar-refractivity contribution in [1.82, 2.24) is 0 Å². The first-order valence-electron chi connectivity index (χ1n) is 10.5. The highest BCUT2D eigenvalue weighted by Crippen LogP contribution is 2.53. The van der Waals surface area contributed by atoms with Gasteiger partial charge in [0, 0.05) is 31.4 Å². The van der Waals surface area contributed by atoms with E-state index in [2.05, 4.69) is 0 Å². The third kappa shape index (κ3) is 5.70. The molecule has 2 aromatic carbocycles. The second kappa shape index (κ2) is 10.8. The van der Waals surface area contributed by atoms with Crippen LogP contribution in [0.2, 0.25) is 0 Å². The van der Waals surface area contributed by atoms with E-state index in [9.17, 15) is 18.9 Å². The lowest BCUT2D eigenvalue weighted by Gasteiger charge is -2.43. The van der Waals surface area contributed by atoms with Crippen molar-refractivity contribution in [3.8, 4) is 0 Å². The minimum Gasteiger partial charge on any atom is -0.463 e. The first-order valence-corrected chi connectivity index (χ1v) is 12.3. The Morgan fingerprint density at radius 2 is 1.30 bits per heavy atom. The van der Waals surface area contributed by atoms with Crippen molar-refractivity contribution >= 4 is 35.7 Å². The summed E-state index contributed by atoms with van der Waals surface area (Å²) in [6.07, 6.45) is -3.10. The Bertz CT molecular complexity index is 980. The molecule has 176 valence electrons. The Hall–Kier alpha value is -2.96. The lowest BCUT2D eigenvalue weighted by molar-refractivity contribution is -0.199. The van der Waals surface area contributed by atoms with Gasteiger partial charge in [0.1, 0.15) is 12.7 Å². The van der Waals surface area contributed by atoms with E-state index in [1.165, 1.54) is 20.8 Å². The van der Waals surface area contributed by atoms with Gasteiger partial charge >= 0.3 is 17.9 Å². The lowest BCUT2D eigenvalue weighted by atomic mass is 10.0. The predicted octanol–water partition coefficient (Wildman–Crippen LogP) is 2.19. The Balaban J connectivity index is 2.12. The molecule has 1 heterocycles. The average molecular weight is 474 g/mol. The van der Waals surface area contributed by atoms with Crippen molar-refractivity contribution in [2.45, 2.75) is 44.7 Å². The second-order valence-electron chi connectivity index (χ2n) is 7.72. The molecule has 4 atom stereocenters. The molecule has 0 amide bonds. The smallest absolute Gasteiger partial charge is 0.303 e. The van der Waals surface area contributed by atoms with E-state index in [-0.39, 0.29) is 13.2 Å². The van der Waals surface area contributed by atoms with E-state index >= 15 is 0 Å². The van der Waals surface area contributed by atoms with Crippen LogP contribution in [0.15, 0.2) is 60.7 Å². The average Bonchev–Trinajstić information content (AvgIpc) is 2.79. The van der Waals surface area contributed by atoms with Crippen LogP contribution in [0.4, 0.5) is 0 Å². The minimum absolute atomic E-state index is 0.0668. The van der Waals surface area contributed by atoms with Gasteiger partial charge in [-0.05, 0) is 0 Å². The van der Waals surface area contributed by atoms with E-state index in [4.69, 9.17) is 18.9 Å². The van der Waals surface area contributed by atoms with Crippen LogP contribution in [0, 0.1) is 0 Å². The molecule has 0 aliphatic carbocycles. The van der Waals surface area contributed by atoms with E-state index in [1.807, 2.05) is 12.1 Å². The van der Waals surface area contributed by atoms with E-state index in [1.54, 1.807) is 48.5 Å². The monoisotopic (exact) mass is 474 g/mol. The molecule has 0 bridgehead atoms. The van der Waals surface area contributed by atoms with Crippen LogP contribution in [0.3, 0.4) is 0 Å². The van der Waals surface area contributed by atoms with Gasteiger partial charge in [-0.2, -0.15) is 0 Å². The number of carbonyl (C=O) groups excluding carboxylic acids is 3. The third-order valence-electron chi connectivity index (χ3n) is 5.35. The van der Waals surface area contributed by atoms with Gasteiger partial charge in [0.05, 0.1) is 12.3 Å². The van der Waals surface area contributed by atoms with Crippen LogP contribution in [0.1, 0.15) is 20.8 Å². The minimum atomic E-state index is -3.46. The van der Waals surface area contributed by atoms with Gasteiger partial charge in [0.25, 0.3) is 0 Å². The summed E-state index contributed by atoms with van der Waals surface area (Å²) >= 11 is 0. The maximum absolute atomic E-state index is 14.9. The second-order valence-corrected chi connectivity index (χ2v) is 10.7. The van der Waals surface area contributed by atoms with E-state index < -0.39 is 49.0 Å². The van der Waals surface area contributed by atoms with Crippen LogP contribution in [0.5, 0.6) is 0 Å². The zero-order valence-corrected chi connectivity index (χ0v) is 19.6. The molecule has 9 heteroatoms. The first-order chi connectivity index (χ1) is 15.7. The van der Waals surface area contributed by atoms with Crippen molar-refractivity contribution in [2.75, 3.05) is 13.2 Å². The van der Waals surface area contributed by atoms with Gasteiger partial charge in [-0.3, -0.25) is 14.4 Å². The van der Waals surface area contributed by atoms with Gasteiger partial charge in [0.2, 0.25) is 0 Å². The number of rotatable bonds is 7. The fraction of sp³-hybridized carbons (Fsp3) is 0.375. The Labute approximate surface area is 192 Å². The summed E-state index contributed by atoms with van der Waals surface area (Å²) in [5, 5.41) is 1.11. The van der Waals surface area contributed by atoms with E-state index in [0.717, 1.165) is 0 Å². The number of ether oxygens (including phenoxy) is 4. The molecular formula is C24H27O8P. The SMILES string of the molecule is CC(=O)OC[C@H]1OC[C@H](P(=O)(c2ccccc2)c2ccccc2)[C@@H](OC(C)=O)[C@@H]1OC(C)=O. The zero-order chi connectivity index (χ0) is 24.0. The van der Waals surface area contributed by atoms with Gasteiger partial charge in [0.15, 0.2) is 19.3 Å². The maximum atomic E-state index is 14.9. The molecule has 0 saturated carbocycles. The zero-order valence-electron chi connectivity index (χ0n) is 18.7. The van der Waals surface area contributed by atoms with Crippen LogP contribution < -0.4 is 10.6 Å². The van der Waals surface area contributed by atoms with Crippen molar-refractivity contribution < 1.29 is 37.9 Å². The molecule has 1 fully saturated rings. The lowest BCUT2D eigenvalue weighted by Crippen LogP contribution is -2.58. The van der Waals surface area contributed by atoms with Gasteiger partial charge in [-0.1, -0.05) is 60.7 Å². The number of hydrogen-bond acceptors (Lipinski definition) is 8. The molecule has 1 saturated heterocycles. The molecule has 1 aliphatic rings. The first kappa shape index (κ1) is 24.7. The van der Waals surface area contributed by atoms with Gasteiger partial charge in [-0.15, -0.1) is 0 Å². The maximum Gasteiger partial charge on any atom is 0.303 e. The highest BCUT2D eigenvalue weighted by Gasteiger charge is 2.53. The van der Waals surface area contributed by atoms with Crippen molar-refractivity contribution in [3.05, 3.63) is 60.7 Å². The molecule has 3 rings (SSSR count). The molecule has 0 spiro atoms. The standard InChI is InChI=1S/C24H27O8P/c1-16(25)29-14-21-23(31-17(2)26)24(32-18(3)27)22(15-30-21)33(28,19-10-6-4-7-11-19)20-12-8-5-9-13-20/h4-13,21-24H,14-15H2,1-3H3/t21-,22+,23-,24-/m1/s1. The Kier molecular flexibility index (Phi) is 8.06. The third-order valence-corrected chi connectivity index (χ3v) is 8.86.